The molecule has 1 aliphatic heterocycles. The van der Waals surface area contributed by atoms with E-state index in [1.165, 1.54) is 7.11 Å². The number of hydrogen-bond acceptors (Lipinski definition) is 5. The van der Waals surface area contributed by atoms with Crippen LogP contribution in [0.15, 0.2) is 0 Å². The molecule has 100 valence electrons. The number of ether oxygens (including phenoxy) is 2. The number of hydrogen-bond donors (Lipinski definition) is 1. The molecule has 0 bridgehead atoms. The van der Waals surface area contributed by atoms with Gasteiger partial charge in [0.05, 0.1) is 26.2 Å². The molecule has 2 atom stereocenters. The van der Waals surface area contributed by atoms with E-state index in [0.29, 0.717) is 19.6 Å². The summed E-state index contributed by atoms with van der Waals surface area (Å²) >= 11 is 0. The number of esters is 1. The van der Waals surface area contributed by atoms with Crippen molar-refractivity contribution < 1.29 is 19.4 Å². The fourth-order valence-electron chi connectivity index (χ4n) is 2.32. The highest BCUT2D eigenvalue weighted by Gasteiger charge is 2.26. The predicted octanol–water partition coefficient (Wildman–Crippen LogP) is 0.411. The number of aliphatic hydroxyl groups is 1. The number of carbonyl (C=O) groups is 1. The van der Waals surface area contributed by atoms with Crippen molar-refractivity contribution in [3.63, 3.8) is 0 Å². The standard InChI is InChI=1S/C12H23NO4/c1-16-9-11(14)8-13-6-4-3-5-10(13)7-12(15)17-2/h10-11,14H,3-9H2,1-2H3. The van der Waals surface area contributed by atoms with Crippen LogP contribution in [0.4, 0.5) is 0 Å². The van der Waals surface area contributed by atoms with Crippen LogP contribution in [0.1, 0.15) is 25.7 Å². The number of nitrogens with zero attached hydrogens (tertiary/aromatic N) is 1. The Morgan fingerprint density at radius 3 is 2.88 bits per heavy atom. The van der Waals surface area contributed by atoms with Gasteiger partial charge in [-0.1, -0.05) is 6.42 Å². The van der Waals surface area contributed by atoms with Crippen LogP contribution in [-0.2, 0) is 14.3 Å². The van der Waals surface area contributed by atoms with Gasteiger partial charge in [-0.25, -0.2) is 0 Å². The van der Waals surface area contributed by atoms with Crippen LogP contribution in [0.5, 0.6) is 0 Å². The lowest BCUT2D eigenvalue weighted by molar-refractivity contribution is -0.142. The first-order chi connectivity index (χ1) is 8.17. The number of piperidine rings is 1. The molecule has 0 aromatic rings. The molecule has 0 aromatic carbocycles. The van der Waals surface area contributed by atoms with E-state index in [4.69, 9.17) is 9.47 Å². The third kappa shape index (κ3) is 5.02. The van der Waals surface area contributed by atoms with E-state index in [9.17, 15) is 9.90 Å². The molecule has 0 amide bonds. The summed E-state index contributed by atoms with van der Waals surface area (Å²) in [7, 11) is 2.99. The molecule has 0 radical (unpaired) electrons. The van der Waals surface area contributed by atoms with Gasteiger partial charge in [-0.05, 0) is 19.4 Å². The molecular formula is C12H23NO4. The van der Waals surface area contributed by atoms with E-state index < -0.39 is 6.10 Å². The highest BCUT2D eigenvalue weighted by Crippen LogP contribution is 2.20. The Balaban J connectivity index is 2.44. The molecule has 0 spiro atoms. The fraction of sp³-hybridized carbons (Fsp3) is 0.917. The lowest BCUT2D eigenvalue weighted by Crippen LogP contribution is -2.45. The molecule has 1 saturated heterocycles. The minimum absolute atomic E-state index is 0.178. The molecule has 5 nitrogen and oxygen atoms in total. The van der Waals surface area contributed by atoms with Gasteiger partial charge < -0.3 is 14.6 Å². The second-order valence-corrected chi connectivity index (χ2v) is 4.53. The van der Waals surface area contributed by atoms with Gasteiger partial charge >= 0.3 is 5.97 Å². The van der Waals surface area contributed by atoms with Crippen molar-refractivity contribution in [3.05, 3.63) is 0 Å². The quantitative estimate of drug-likeness (QED) is 0.687. The van der Waals surface area contributed by atoms with Crippen LogP contribution in [-0.4, -0.2) is 62.0 Å². The smallest absolute Gasteiger partial charge is 0.307 e. The zero-order valence-corrected chi connectivity index (χ0v) is 10.7. The highest BCUT2D eigenvalue weighted by atomic mass is 16.5. The lowest BCUT2D eigenvalue weighted by atomic mass is 9.99. The Hall–Kier alpha value is -0.650. The minimum Gasteiger partial charge on any atom is -0.469 e. The van der Waals surface area contributed by atoms with Crippen molar-refractivity contribution in [2.75, 3.05) is 33.9 Å². The maximum absolute atomic E-state index is 11.3. The molecule has 0 aliphatic carbocycles. The molecule has 5 heteroatoms. The molecule has 0 saturated carbocycles. The highest BCUT2D eigenvalue weighted by molar-refractivity contribution is 5.69. The molecule has 1 fully saturated rings. The number of carbonyl (C=O) groups excluding carboxylic acids is 1. The summed E-state index contributed by atoms with van der Waals surface area (Å²) < 4.78 is 9.62. The van der Waals surface area contributed by atoms with Crippen LogP contribution in [0.3, 0.4) is 0 Å². The maximum Gasteiger partial charge on any atom is 0.307 e. The van der Waals surface area contributed by atoms with Crippen molar-refractivity contribution in [2.45, 2.75) is 37.8 Å². The normalized spacial score (nSPS) is 23.4. The van der Waals surface area contributed by atoms with Gasteiger partial charge in [0.15, 0.2) is 0 Å². The summed E-state index contributed by atoms with van der Waals surface area (Å²) in [6, 6.07) is 0.197. The van der Waals surface area contributed by atoms with Crippen molar-refractivity contribution >= 4 is 5.97 Å². The van der Waals surface area contributed by atoms with Crippen LogP contribution < -0.4 is 0 Å². The van der Waals surface area contributed by atoms with Crippen LogP contribution in [0, 0.1) is 0 Å². The zero-order chi connectivity index (χ0) is 12.7. The molecule has 0 aromatic heterocycles. The molecule has 1 heterocycles. The third-order valence-electron chi connectivity index (χ3n) is 3.18. The Morgan fingerprint density at radius 1 is 1.47 bits per heavy atom. The molecule has 2 unspecified atom stereocenters. The second kappa shape index (κ2) is 7.63. The van der Waals surface area contributed by atoms with E-state index in [0.717, 1.165) is 25.8 Å². The van der Waals surface area contributed by atoms with Crippen molar-refractivity contribution in [1.82, 2.24) is 4.90 Å². The summed E-state index contributed by atoms with van der Waals surface area (Å²) in [5, 5.41) is 9.73. The summed E-state index contributed by atoms with van der Waals surface area (Å²) in [6.07, 6.45) is 3.18. The van der Waals surface area contributed by atoms with Gasteiger partial charge in [0.25, 0.3) is 0 Å². The number of methoxy groups -OCH3 is 2. The maximum atomic E-state index is 11.3. The van der Waals surface area contributed by atoms with Gasteiger partial charge in [0.1, 0.15) is 0 Å². The van der Waals surface area contributed by atoms with E-state index in [1.54, 1.807) is 7.11 Å². The fourth-order valence-corrected chi connectivity index (χ4v) is 2.32. The van der Waals surface area contributed by atoms with Gasteiger partial charge in [0.2, 0.25) is 0 Å². The third-order valence-corrected chi connectivity index (χ3v) is 3.18. The second-order valence-electron chi connectivity index (χ2n) is 4.53. The van der Waals surface area contributed by atoms with Crippen molar-refractivity contribution in [2.24, 2.45) is 0 Å². The van der Waals surface area contributed by atoms with Crippen LogP contribution >= 0.6 is 0 Å². The summed E-state index contributed by atoms with van der Waals surface area (Å²) in [5.74, 6) is -0.178. The van der Waals surface area contributed by atoms with Gasteiger partial charge in [-0.15, -0.1) is 0 Å². The van der Waals surface area contributed by atoms with E-state index in [2.05, 4.69) is 4.90 Å². The average Bonchev–Trinajstić information content (AvgIpc) is 2.31. The molecular weight excluding hydrogens is 222 g/mol. The summed E-state index contributed by atoms with van der Waals surface area (Å²) in [6.45, 7) is 1.83. The Morgan fingerprint density at radius 2 is 2.24 bits per heavy atom. The number of rotatable bonds is 6. The van der Waals surface area contributed by atoms with Crippen molar-refractivity contribution in [3.8, 4) is 0 Å². The van der Waals surface area contributed by atoms with E-state index >= 15 is 0 Å². The minimum atomic E-state index is -0.488. The average molecular weight is 245 g/mol. The molecule has 1 N–H and O–H groups in total. The van der Waals surface area contributed by atoms with E-state index in [-0.39, 0.29) is 12.0 Å². The lowest BCUT2D eigenvalue weighted by Gasteiger charge is -2.36. The topological polar surface area (TPSA) is 59.0 Å². The van der Waals surface area contributed by atoms with Gasteiger partial charge in [-0.2, -0.15) is 0 Å². The summed E-state index contributed by atoms with van der Waals surface area (Å²) in [5.41, 5.74) is 0. The largest absolute Gasteiger partial charge is 0.469 e. The Labute approximate surface area is 103 Å². The number of β-amino-alcohol motifs (C(OH)–C–C–N with tert-alkyl or cyclic N) is 1. The van der Waals surface area contributed by atoms with E-state index in [1.807, 2.05) is 0 Å². The zero-order valence-electron chi connectivity index (χ0n) is 10.7. The molecule has 1 rings (SSSR count). The van der Waals surface area contributed by atoms with Gasteiger partial charge in [-0.3, -0.25) is 9.69 Å². The SMILES string of the molecule is COCC(O)CN1CCCCC1CC(=O)OC. The first-order valence-electron chi connectivity index (χ1n) is 6.15. The van der Waals surface area contributed by atoms with Crippen molar-refractivity contribution in [1.29, 1.82) is 0 Å². The molecule has 17 heavy (non-hydrogen) atoms. The van der Waals surface area contributed by atoms with Crippen LogP contribution in [0.25, 0.3) is 0 Å². The van der Waals surface area contributed by atoms with Gasteiger partial charge in [0, 0.05) is 19.7 Å². The first kappa shape index (κ1) is 14.4. The molecule has 1 aliphatic rings. The Bertz CT molecular complexity index is 235. The Kier molecular flexibility index (Phi) is 6.47. The summed E-state index contributed by atoms with van der Waals surface area (Å²) in [4.78, 5) is 13.5. The number of likely N-dealkylation sites (tertiary alicyclic amines) is 1. The van der Waals surface area contributed by atoms with Crippen LogP contribution in [0.2, 0.25) is 0 Å². The predicted molar refractivity (Wildman–Crippen MR) is 63.7 cm³/mol. The monoisotopic (exact) mass is 245 g/mol. The number of aliphatic hydroxyl groups excluding tert-OH is 1. The first-order valence-corrected chi connectivity index (χ1v) is 6.15.